The molecular formula is C13H26N2O. The van der Waals surface area contributed by atoms with E-state index >= 15 is 0 Å². The minimum absolute atomic E-state index is 0.461. The van der Waals surface area contributed by atoms with Crippen molar-refractivity contribution in [3.63, 3.8) is 0 Å². The fourth-order valence-corrected chi connectivity index (χ4v) is 2.97. The third-order valence-electron chi connectivity index (χ3n) is 4.17. The van der Waals surface area contributed by atoms with Crippen molar-refractivity contribution in [2.75, 3.05) is 32.8 Å². The number of piperazine rings is 1. The molecule has 0 saturated carbocycles. The largest absolute Gasteiger partial charge is 0.378 e. The Balaban J connectivity index is 1.90. The van der Waals surface area contributed by atoms with Gasteiger partial charge in [0.05, 0.1) is 6.10 Å². The van der Waals surface area contributed by atoms with Crippen LogP contribution in [0.1, 0.15) is 27.2 Å². The molecule has 94 valence electrons. The van der Waals surface area contributed by atoms with Crippen LogP contribution in [0.5, 0.6) is 0 Å². The summed E-state index contributed by atoms with van der Waals surface area (Å²) in [6.45, 7) is 12.6. The maximum absolute atomic E-state index is 5.66. The minimum Gasteiger partial charge on any atom is -0.378 e. The molecule has 0 bridgehead atoms. The molecule has 1 N–H and O–H groups in total. The van der Waals surface area contributed by atoms with Crippen LogP contribution in [0.4, 0.5) is 0 Å². The molecular weight excluding hydrogens is 200 g/mol. The van der Waals surface area contributed by atoms with Crippen LogP contribution in [0.15, 0.2) is 0 Å². The van der Waals surface area contributed by atoms with Gasteiger partial charge in [-0.3, -0.25) is 4.90 Å². The molecule has 0 amide bonds. The topological polar surface area (TPSA) is 24.5 Å². The van der Waals surface area contributed by atoms with Crippen LogP contribution in [0.25, 0.3) is 0 Å². The second-order valence-electron chi connectivity index (χ2n) is 5.64. The molecule has 0 aromatic heterocycles. The van der Waals surface area contributed by atoms with Crippen LogP contribution in [0.3, 0.4) is 0 Å². The molecule has 3 heteroatoms. The quantitative estimate of drug-likeness (QED) is 0.786. The number of nitrogens with one attached hydrogen (secondary N) is 1. The van der Waals surface area contributed by atoms with Crippen LogP contribution in [-0.2, 0) is 4.74 Å². The van der Waals surface area contributed by atoms with Crippen molar-refractivity contribution < 1.29 is 4.74 Å². The molecule has 3 nitrogen and oxygen atoms in total. The van der Waals surface area contributed by atoms with Crippen LogP contribution >= 0.6 is 0 Å². The van der Waals surface area contributed by atoms with Crippen molar-refractivity contribution in [2.24, 2.45) is 11.8 Å². The molecule has 0 aromatic rings. The lowest BCUT2D eigenvalue weighted by molar-refractivity contribution is 0.0654. The summed E-state index contributed by atoms with van der Waals surface area (Å²) in [5.41, 5.74) is 0. The first-order valence-electron chi connectivity index (χ1n) is 6.75. The molecule has 2 aliphatic rings. The Hall–Kier alpha value is -0.120. The van der Waals surface area contributed by atoms with Gasteiger partial charge in [0, 0.05) is 38.8 Å². The van der Waals surface area contributed by atoms with Crippen molar-refractivity contribution in [3.8, 4) is 0 Å². The summed E-state index contributed by atoms with van der Waals surface area (Å²) < 4.78 is 5.66. The first kappa shape index (κ1) is 12.3. The smallest absolute Gasteiger partial charge is 0.0588 e. The second kappa shape index (κ2) is 5.48. The van der Waals surface area contributed by atoms with Gasteiger partial charge in [0.15, 0.2) is 0 Å². The average Bonchev–Trinajstić information content (AvgIpc) is 2.65. The highest BCUT2D eigenvalue weighted by Gasteiger charge is 2.31. The lowest BCUT2D eigenvalue weighted by Crippen LogP contribution is -2.55. The van der Waals surface area contributed by atoms with Crippen molar-refractivity contribution in [1.82, 2.24) is 10.2 Å². The summed E-state index contributed by atoms with van der Waals surface area (Å²) in [6, 6.07) is 0.710. The Morgan fingerprint density at radius 3 is 2.88 bits per heavy atom. The number of ether oxygens (including phenoxy) is 1. The van der Waals surface area contributed by atoms with Crippen molar-refractivity contribution in [2.45, 2.75) is 39.3 Å². The fraction of sp³-hybridized carbons (Fsp3) is 1.00. The van der Waals surface area contributed by atoms with Crippen LogP contribution in [-0.4, -0.2) is 49.8 Å². The van der Waals surface area contributed by atoms with Gasteiger partial charge < -0.3 is 10.1 Å². The van der Waals surface area contributed by atoms with Crippen molar-refractivity contribution in [1.29, 1.82) is 0 Å². The summed E-state index contributed by atoms with van der Waals surface area (Å²) >= 11 is 0. The lowest BCUT2D eigenvalue weighted by atomic mass is 9.96. The van der Waals surface area contributed by atoms with Gasteiger partial charge in [-0.15, -0.1) is 0 Å². The van der Waals surface area contributed by atoms with Gasteiger partial charge >= 0.3 is 0 Å². The van der Waals surface area contributed by atoms with Crippen molar-refractivity contribution >= 4 is 0 Å². The molecule has 2 fully saturated rings. The van der Waals surface area contributed by atoms with Gasteiger partial charge in [0.1, 0.15) is 0 Å². The fourth-order valence-electron chi connectivity index (χ4n) is 2.97. The Morgan fingerprint density at radius 1 is 1.44 bits per heavy atom. The maximum Gasteiger partial charge on any atom is 0.0588 e. The normalized spacial score (nSPS) is 37.1. The molecule has 2 aliphatic heterocycles. The molecule has 0 aliphatic carbocycles. The van der Waals surface area contributed by atoms with Gasteiger partial charge in [0.2, 0.25) is 0 Å². The Morgan fingerprint density at radius 2 is 2.25 bits per heavy atom. The molecule has 0 radical (unpaired) electrons. The van der Waals surface area contributed by atoms with E-state index in [1.807, 2.05) is 0 Å². The summed E-state index contributed by atoms with van der Waals surface area (Å²) in [7, 11) is 0. The van der Waals surface area contributed by atoms with Crippen LogP contribution in [0, 0.1) is 11.8 Å². The summed E-state index contributed by atoms with van der Waals surface area (Å²) in [4.78, 5) is 2.68. The van der Waals surface area contributed by atoms with E-state index in [2.05, 4.69) is 31.0 Å². The zero-order valence-electron chi connectivity index (χ0n) is 10.9. The van der Waals surface area contributed by atoms with E-state index in [9.17, 15) is 0 Å². The maximum atomic E-state index is 5.66. The van der Waals surface area contributed by atoms with Gasteiger partial charge in [0.25, 0.3) is 0 Å². The number of hydrogen-bond donors (Lipinski definition) is 1. The van der Waals surface area contributed by atoms with Gasteiger partial charge in [-0.05, 0) is 25.2 Å². The molecule has 3 unspecified atom stereocenters. The Labute approximate surface area is 99.5 Å². The van der Waals surface area contributed by atoms with E-state index in [-0.39, 0.29) is 0 Å². The van der Waals surface area contributed by atoms with Crippen LogP contribution in [0.2, 0.25) is 0 Å². The van der Waals surface area contributed by atoms with E-state index in [1.54, 1.807) is 0 Å². The molecule has 3 atom stereocenters. The van der Waals surface area contributed by atoms with E-state index in [0.717, 1.165) is 31.5 Å². The zero-order chi connectivity index (χ0) is 11.5. The zero-order valence-corrected chi connectivity index (χ0v) is 10.9. The average molecular weight is 226 g/mol. The Bertz CT molecular complexity index is 220. The molecule has 2 heterocycles. The van der Waals surface area contributed by atoms with Gasteiger partial charge in [-0.25, -0.2) is 0 Å². The minimum atomic E-state index is 0.461. The predicted octanol–water partition coefficient (Wildman–Crippen LogP) is 1.34. The number of hydrogen-bond acceptors (Lipinski definition) is 3. The molecule has 0 spiro atoms. The standard InChI is InChI=1S/C13H26N2O/c1-10(2)13-8-14-5-6-15(13)9-12-4-7-16-11(12)3/h10-14H,4-9H2,1-3H3. The summed E-state index contributed by atoms with van der Waals surface area (Å²) in [5, 5.41) is 3.51. The third kappa shape index (κ3) is 2.76. The second-order valence-corrected chi connectivity index (χ2v) is 5.64. The highest BCUT2D eigenvalue weighted by atomic mass is 16.5. The van der Waals surface area contributed by atoms with E-state index < -0.39 is 0 Å². The van der Waals surface area contributed by atoms with Crippen LogP contribution < -0.4 is 5.32 Å². The summed E-state index contributed by atoms with van der Waals surface area (Å²) in [6.07, 6.45) is 1.71. The third-order valence-corrected chi connectivity index (χ3v) is 4.17. The predicted molar refractivity (Wildman–Crippen MR) is 66.6 cm³/mol. The molecule has 0 aromatic carbocycles. The lowest BCUT2D eigenvalue weighted by Gasteiger charge is -2.40. The highest BCUT2D eigenvalue weighted by Crippen LogP contribution is 2.24. The summed E-state index contributed by atoms with van der Waals surface area (Å²) in [5.74, 6) is 1.49. The first-order chi connectivity index (χ1) is 7.68. The Kier molecular flexibility index (Phi) is 4.22. The van der Waals surface area contributed by atoms with Gasteiger partial charge in [-0.2, -0.15) is 0 Å². The molecule has 16 heavy (non-hydrogen) atoms. The number of rotatable bonds is 3. The van der Waals surface area contributed by atoms with Crippen molar-refractivity contribution in [3.05, 3.63) is 0 Å². The van der Waals surface area contributed by atoms with E-state index in [1.165, 1.54) is 19.5 Å². The van der Waals surface area contributed by atoms with E-state index in [4.69, 9.17) is 4.74 Å². The molecule has 2 saturated heterocycles. The molecule has 2 rings (SSSR count). The van der Waals surface area contributed by atoms with Gasteiger partial charge in [-0.1, -0.05) is 13.8 Å². The monoisotopic (exact) mass is 226 g/mol. The highest BCUT2D eigenvalue weighted by molar-refractivity contribution is 4.85. The number of nitrogens with zero attached hydrogens (tertiary/aromatic N) is 1. The first-order valence-corrected chi connectivity index (χ1v) is 6.75. The van der Waals surface area contributed by atoms with E-state index in [0.29, 0.717) is 12.1 Å². The SMILES string of the molecule is CC(C)C1CNCCN1CC1CCOC1C.